The lowest BCUT2D eigenvalue weighted by molar-refractivity contribution is 0.647. The third kappa shape index (κ3) is 3.94. The molecule has 0 aliphatic carbocycles. The number of piperazine rings is 1. The van der Waals surface area contributed by atoms with Crippen LogP contribution in [-0.4, -0.2) is 47.7 Å². The summed E-state index contributed by atoms with van der Waals surface area (Å²) < 4.78 is 0. The third-order valence-corrected chi connectivity index (χ3v) is 5.75. The SMILES string of the molecule is c1ccc(N2CCN(c3cc(NCCc4c[nH]c5ccccc45)ncn3)CC2)cc1. The van der Waals surface area contributed by atoms with Gasteiger partial charge in [-0.05, 0) is 30.2 Å². The number of nitrogens with zero attached hydrogens (tertiary/aromatic N) is 4. The van der Waals surface area contributed by atoms with Gasteiger partial charge in [-0.1, -0.05) is 36.4 Å². The Labute approximate surface area is 176 Å². The monoisotopic (exact) mass is 398 g/mol. The number of H-pyrrole nitrogens is 1. The molecule has 152 valence electrons. The normalized spacial score (nSPS) is 14.3. The van der Waals surface area contributed by atoms with E-state index in [9.17, 15) is 0 Å². The zero-order valence-corrected chi connectivity index (χ0v) is 17.0. The second kappa shape index (κ2) is 8.45. The fraction of sp³-hybridized carbons (Fsp3) is 0.250. The van der Waals surface area contributed by atoms with Gasteiger partial charge in [-0.25, -0.2) is 9.97 Å². The molecule has 0 spiro atoms. The predicted octanol–water partition coefficient (Wildman–Crippen LogP) is 3.94. The summed E-state index contributed by atoms with van der Waals surface area (Å²) in [7, 11) is 0. The first kappa shape index (κ1) is 18.5. The number of hydrogen-bond donors (Lipinski definition) is 2. The maximum atomic E-state index is 4.51. The summed E-state index contributed by atoms with van der Waals surface area (Å²) in [6.45, 7) is 4.75. The summed E-state index contributed by atoms with van der Waals surface area (Å²) >= 11 is 0. The van der Waals surface area contributed by atoms with Crippen molar-refractivity contribution in [2.24, 2.45) is 0 Å². The van der Waals surface area contributed by atoms with Crippen LogP contribution < -0.4 is 15.1 Å². The van der Waals surface area contributed by atoms with E-state index in [1.54, 1.807) is 6.33 Å². The highest BCUT2D eigenvalue weighted by Gasteiger charge is 2.18. The van der Waals surface area contributed by atoms with E-state index < -0.39 is 0 Å². The molecule has 2 N–H and O–H groups in total. The molecule has 1 aliphatic rings. The van der Waals surface area contributed by atoms with Gasteiger partial charge in [0, 0.05) is 61.6 Å². The molecule has 4 aromatic rings. The van der Waals surface area contributed by atoms with Crippen molar-refractivity contribution in [3.05, 3.63) is 78.8 Å². The van der Waals surface area contributed by atoms with E-state index in [4.69, 9.17) is 0 Å². The fourth-order valence-electron chi connectivity index (χ4n) is 4.11. The Bertz CT molecular complexity index is 1100. The Balaban J connectivity index is 1.18. The minimum absolute atomic E-state index is 0.833. The molecule has 0 atom stereocenters. The Morgan fingerprint density at radius 1 is 0.867 bits per heavy atom. The first-order chi connectivity index (χ1) is 14.9. The number of anilines is 3. The van der Waals surface area contributed by atoms with Gasteiger partial charge in [-0.15, -0.1) is 0 Å². The molecule has 5 rings (SSSR count). The number of benzene rings is 2. The van der Waals surface area contributed by atoms with Crippen molar-refractivity contribution in [2.45, 2.75) is 6.42 Å². The van der Waals surface area contributed by atoms with Crippen LogP contribution in [0, 0.1) is 0 Å². The first-order valence-corrected chi connectivity index (χ1v) is 10.5. The van der Waals surface area contributed by atoms with Crippen LogP contribution in [0.2, 0.25) is 0 Å². The van der Waals surface area contributed by atoms with Crippen molar-refractivity contribution in [1.29, 1.82) is 0 Å². The number of nitrogens with one attached hydrogen (secondary N) is 2. The van der Waals surface area contributed by atoms with E-state index >= 15 is 0 Å². The van der Waals surface area contributed by atoms with Crippen LogP contribution in [0.4, 0.5) is 17.3 Å². The smallest absolute Gasteiger partial charge is 0.134 e. The Morgan fingerprint density at radius 2 is 1.63 bits per heavy atom. The van der Waals surface area contributed by atoms with Crippen molar-refractivity contribution in [1.82, 2.24) is 15.0 Å². The topological polar surface area (TPSA) is 60.1 Å². The van der Waals surface area contributed by atoms with E-state index in [0.29, 0.717) is 0 Å². The standard InChI is InChI=1S/C24H26N6/c1-2-6-20(7-3-1)29-12-14-30(15-13-29)24-16-23(27-18-28-24)25-11-10-19-17-26-22-9-5-4-8-21(19)22/h1-9,16-18,26H,10-15H2,(H,25,27,28). The van der Waals surface area contributed by atoms with Gasteiger partial charge in [-0.2, -0.15) is 0 Å². The third-order valence-electron chi connectivity index (χ3n) is 5.75. The van der Waals surface area contributed by atoms with E-state index in [-0.39, 0.29) is 0 Å². The van der Waals surface area contributed by atoms with E-state index in [2.05, 4.69) is 96.9 Å². The number of fused-ring (bicyclic) bond motifs is 1. The molecule has 30 heavy (non-hydrogen) atoms. The van der Waals surface area contributed by atoms with Crippen molar-refractivity contribution in [2.75, 3.05) is 47.8 Å². The molecule has 0 saturated carbocycles. The molecule has 6 heteroatoms. The highest BCUT2D eigenvalue weighted by molar-refractivity contribution is 5.83. The molecule has 3 heterocycles. The average molecular weight is 399 g/mol. The van der Waals surface area contributed by atoms with Gasteiger partial charge in [0.25, 0.3) is 0 Å². The van der Waals surface area contributed by atoms with Gasteiger partial charge in [0.15, 0.2) is 0 Å². The van der Waals surface area contributed by atoms with Gasteiger partial charge >= 0.3 is 0 Å². The number of rotatable bonds is 6. The number of para-hydroxylation sites is 2. The predicted molar refractivity (Wildman–Crippen MR) is 123 cm³/mol. The van der Waals surface area contributed by atoms with E-state index in [1.165, 1.54) is 22.2 Å². The number of aromatic nitrogens is 3. The zero-order valence-electron chi connectivity index (χ0n) is 17.0. The number of aromatic amines is 1. The molecule has 6 nitrogen and oxygen atoms in total. The van der Waals surface area contributed by atoms with Crippen molar-refractivity contribution < 1.29 is 0 Å². The summed E-state index contributed by atoms with van der Waals surface area (Å²) in [5.74, 6) is 1.87. The summed E-state index contributed by atoms with van der Waals surface area (Å²) in [4.78, 5) is 17.0. The quantitative estimate of drug-likeness (QED) is 0.515. The Morgan fingerprint density at radius 3 is 2.50 bits per heavy atom. The minimum atomic E-state index is 0.833. The second-order valence-corrected chi connectivity index (χ2v) is 7.61. The lowest BCUT2D eigenvalue weighted by Crippen LogP contribution is -2.46. The van der Waals surface area contributed by atoms with Crippen molar-refractivity contribution in [3.8, 4) is 0 Å². The van der Waals surface area contributed by atoms with Crippen LogP contribution >= 0.6 is 0 Å². The molecule has 2 aromatic heterocycles. The van der Waals surface area contributed by atoms with Crippen molar-refractivity contribution in [3.63, 3.8) is 0 Å². The van der Waals surface area contributed by atoms with E-state index in [1.807, 2.05) is 0 Å². The largest absolute Gasteiger partial charge is 0.370 e. The molecule has 0 amide bonds. The summed E-state index contributed by atoms with van der Waals surface area (Å²) in [6.07, 6.45) is 4.70. The molecular weight excluding hydrogens is 372 g/mol. The first-order valence-electron chi connectivity index (χ1n) is 10.5. The van der Waals surface area contributed by atoms with Gasteiger partial charge in [0.1, 0.15) is 18.0 Å². The highest BCUT2D eigenvalue weighted by atomic mass is 15.3. The maximum Gasteiger partial charge on any atom is 0.134 e. The molecule has 0 unspecified atom stereocenters. The van der Waals surface area contributed by atoms with Gasteiger partial charge < -0.3 is 20.1 Å². The Kier molecular flexibility index (Phi) is 5.21. The van der Waals surface area contributed by atoms with E-state index in [0.717, 1.165) is 50.8 Å². The van der Waals surface area contributed by atoms with Crippen molar-refractivity contribution >= 4 is 28.2 Å². The lowest BCUT2D eigenvalue weighted by Gasteiger charge is -2.36. The minimum Gasteiger partial charge on any atom is -0.370 e. The average Bonchev–Trinajstić information content (AvgIpc) is 3.23. The molecule has 1 fully saturated rings. The highest BCUT2D eigenvalue weighted by Crippen LogP contribution is 2.21. The van der Waals surface area contributed by atoms with Crippen LogP contribution in [0.25, 0.3) is 10.9 Å². The second-order valence-electron chi connectivity index (χ2n) is 7.61. The van der Waals surface area contributed by atoms with Crippen LogP contribution in [0.5, 0.6) is 0 Å². The molecule has 0 radical (unpaired) electrons. The summed E-state index contributed by atoms with van der Waals surface area (Å²) in [5.41, 5.74) is 3.80. The van der Waals surface area contributed by atoms with Crippen LogP contribution in [0.3, 0.4) is 0 Å². The maximum absolute atomic E-state index is 4.51. The summed E-state index contributed by atoms with van der Waals surface area (Å²) in [6, 6.07) is 21.1. The number of hydrogen-bond acceptors (Lipinski definition) is 5. The summed E-state index contributed by atoms with van der Waals surface area (Å²) in [5, 5.41) is 4.75. The Hall–Kier alpha value is -3.54. The van der Waals surface area contributed by atoms with Crippen LogP contribution in [0.15, 0.2) is 73.2 Å². The molecule has 1 aliphatic heterocycles. The molecule has 0 bridgehead atoms. The van der Waals surface area contributed by atoms with Gasteiger partial charge in [0.05, 0.1) is 0 Å². The molecule has 2 aromatic carbocycles. The van der Waals surface area contributed by atoms with Crippen LogP contribution in [-0.2, 0) is 6.42 Å². The molecular formula is C24H26N6. The zero-order chi connectivity index (χ0) is 20.2. The fourth-order valence-corrected chi connectivity index (χ4v) is 4.11. The van der Waals surface area contributed by atoms with Gasteiger partial charge in [-0.3, -0.25) is 0 Å². The molecule has 1 saturated heterocycles. The van der Waals surface area contributed by atoms with Gasteiger partial charge in [0.2, 0.25) is 0 Å². The lowest BCUT2D eigenvalue weighted by atomic mass is 10.1. The van der Waals surface area contributed by atoms with Crippen LogP contribution in [0.1, 0.15) is 5.56 Å².